The van der Waals surface area contributed by atoms with E-state index in [2.05, 4.69) is 39.5 Å². The smallest absolute Gasteiger partial charge is 0.235 e. The number of fused-ring (bicyclic) bond motifs is 2. The molecule has 0 saturated carbocycles. The van der Waals surface area contributed by atoms with Crippen molar-refractivity contribution in [2.75, 3.05) is 18.4 Å². The SMILES string of the molecule is O=C1Nc2cnccc2C12CCN(Cc1ccccc1)CC2. The number of hydrogen-bond acceptors (Lipinski definition) is 3. The molecule has 1 aromatic heterocycles. The highest BCUT2D eigenvalue weighted by atomic mass is 16.2. The Morgan fingerprint density at radius 3 is 2.68 bits per heavy atom. The van der Waals surface area contributed by atoms with Gasteiger partial charge in [-0.15, -0.1) is 0 Å². The van der Waals surface area contributed by atoms with Crippen LogP contribution in [0.25, 0.3) is 0 Å². The summed E-state index contributed by atoms with van der Waals surface area (Å²) in [5.74, 6) is 0.148. The number of nitrogens with zero attached hydrogens (tertiary/aromatic N) is 2. The predicted molar refractivity (Wildman–Crippen MR) is 85.5 cm³/mol. The molecule has 3 heterocycles. The average molecular weight is 293 g/mol. The Kier molecular flexibility index (Phi) is 3.19. The van der Waals surface area contributed by atoms with Gasteiger partial charge in [0.05, 0.1) is 17.3 Å². The van der Waals surface area contributed by atoms with Crippen LogP contribution < -0.4 is 5.32 Å². The summed E-state index contributed by atoms with van der Waals surface area (Å²) in [7, 11) is 0. The van der Waals surface area contributed by atoms with Crippen LogP contribution in [0.2, 0.25) is 0 Å². The van der Waals surface area contributed by atoms with Crippen LogP contribution in [-0.4, -0.2) is 28.9 Å². The van der Waals surface area contributed by atoms with Crippen molar-refractivity contribution in [3.63, 3.8) is 0 Å². The number of rotatable bonds is 2. The van der Waals surface area contributed by atoms with Gasteiger partial charge < -0.3 is 5.32 Å². The van der Waals surface area contributed by atoms with Crippen molar-refractivity contribution in [1.82, 2.24) is 9.88 Å². The Balaban J connectivity index is 1.51. The lowest BCUT2D eigenvalue weighted by Crippen LogP contribution is -2.46. The van der Waals surface area contributed by atoms with E-state index in [1.807, 2.05) is 12.1 Å². The van der Waals surface area contributed by atoms with E-state index in [1.54, 1.807) is 12.4 Å². The molecule has 1 aromatic carbocycles. The van der Waals surface area contributed by atoms with Crippen molar-refractivity contribution in [1.29, 1.82) is 0 Å². The fraction of sp³-hybridized carbons (Fsp3) is 0.333. The van der Waals surface area contributed by atoms with Crippen molar-refractivity contribution in [2.45, 2.75) is 24.8 Å². The van der Waals surface area contributed by atoms with E-state index >= 15 is 0 Å². The quantitative estimate of drug-likeness (QED) is 0.925. The lowest BCUT2D eigenvalue weighted by Gasteiger charge is -2.38. The van der Waals surface area contributed by atoms with Gasteiger partial charge in [0, 0.05) is 12.7 Å². The first-order valence-corrected chi connectivity index (χ1v) is 7.80. The Morgan fingerprint density at radius 2 is 1.91 bits per heavy atom. The molecule has 4 rings (SSSR count). The fourth-order valence-electron chi connectivity index (χ4n) is 3.71. The molecule has 0 atom stereocenters. The second-order valence-electron chi connectivity index (χ2n) is 6.22. The number of carbonyl (C=O) groups is 1. The second kappa shape index (κ2) is 5.21. The topological polar surface area (TPSA) is 45.2 Å². The highest BCUT2D eigenvalue weighted by Gasteiger charge is 2.48. The van der Waals surface area contributed by atoms with Gasteiger partial charge in [0.25, 0.3) is 0 Å². The summed E-state index contributed by atoms with van der Waals surface area (Å²) < 4.78 is 0. The number of hydrogen-bond donors (Lipinski definition) is 1. The maximum atomic E-state index is 12.5. The number of pyridine rings is 1. The number of piperidine rings is 1. The Hall–Kier alpha value is -2.20. The Labute approximate surface area is 130 Å². The summed E-state index contributed by atoms with van der Waals surface area (Å²) in [5, 5.41) is 3.00. The lowest BCUT2D eigenvalue weighted by atomic mass is 9.74. The molecule has 0 aliphatic carbocycles. The number of benzene rings is 1. The van der Waals surface area contributed by atoms with Crippen molar-refractivity contribution in [3.8, 4) is 0 Å². The van der Waals surface area contributed by atoms with Crippen molar-refractivity contribution < 1.29 is 4.79 Å². The molecule has 22 heavy (non-hydrogen) atoms. The van der Waals surface area contributed by atoms with Gasteiger partial charge in [-0.3, -0.25) is 14.7 Å². The highest BCUT2D eigenvalue weighted by molar-refractivity contribution is 6.06. The van der Waals surface area contributed by atoms with Crippen LogP contribution in [0.4, 0.5) is 5.69 Å². The lowest BCUT2D eigenvalue weighted by molar-refractivity contribution is -0.122. The molecule has 4 heteroatoms. The van der Waals surface area contributed by atoms with Gasteiger partial charge in [-0.2, -0.15) is 0 Å². The minimum atomic E-state index is -0.342. The Bertz CT molecular complexity index is 690. The minimum absolute atomic E-state index is 0.148. The number of likely N-dealkylation sites (tertiary alicyclic amines) is 1. The van der Waals surface area contributed by atoms with Crippen LogP contribution in [0.3, 0.4) is 0 Å². The van der Waals surface area contributed by atoms with Crippen LogP contribution in [-0.2, 0) is 16.8 Å². The number of anilines is 1. The number of aromatic nitrogens is 1. The normalized spacial score (nSPS) is 19.9. The molecule has 1 amide bonds. The first-order valence-electron chi connectivity index (χ1n) is 7.80. The van der Waals surface area contributed by atoms with Gasteiger partial charge in [0.1, 0.15) is 0 Å². The monoisotopic (exact) mass is 293 g/mol. The second-order valence-corrected chi connectivity index (χ2v) is 6.22. The van der Waals surface area contributed by atoms with E-state index in [0.717, 1.165) is 43.7 Å². The van der Waals surface area contributed by atoms with E-state index in [0.29, 0.717) is 0 Å². The first kappa shape index (κ1) is 13.5. The average Bonchev–Trinajstić information content (AvgIpc) is 2.83. The van der Waals surface area contributed by atoms with E-state index < -0.39 is 0 Å². The van der Waals surface area contributed by atoms with Gasteiger partial charge in [-0.1, -0.05) is 30.3 Å². The van der Waals surface area contributed by atoms with Crippen LogP contribution in [0, 0.1) is 0 Å². The molecule has 0 unspecified atom stereocenters. The number of carbonyl (C=O) groups excluding carboxylic acids is 1. The summed E-state index contributed by atoms with van der Waals surface area (Å²) in [4.78, 5) is 19.1. The van der Waals surface area contributed by atoms with Gasteiger partial charge >= 0.3 is 0 Å². The predicted octanol–water partition coefficient (Wildman–Crippen LogP) is 2.57. The van der Waals surface area contributed by atoms with E-state index in [9.17, 15) is 4.79 Å². The van der Waals surface area contributed by atoms with Gasteiger partial charge in [0.2, 0.25) is 5.91 Å². The van der Waals surface area contributed by atoms with E-state index in [4.69, 9.17) is 0 Å². The molecule has 112 valence electrons. The van der Waals surface area contributed by atoms with E-state index in [-0.39, 0.29) is 11.3 Å². The van der Waals surface area contributed by atoms with Gasteiger partial charge in [-0.25, -0.2) is 0 Å². The molecule has 4 nitrogen and oxygen atoms in total. The van der Waals surface area contributed by atoms with Crippen LogP contribution in [0.5, 0.6) is 0 Å². The van der Waals surface area contributed by atoms with Crippen molar-refractivity contribution in [2.24, 2.45) is 0 Å². The Morgan fingerprint density at radius 1 is 1.14 bits per heavy atom. The first-order chi connectivity index (χ1) is 10.8. The zero-order valence-corrected chi connectivity index (χ0v) is 12.5. The zero-order chi connectivity index (χ0) is 15.0. The number of nitrogens with one attached hydrogen (secondary N) is 1. The molecule has 0 radical (unpaired) electrons. The summed E-state index contributed by atoms with van der Waals surface area (Å²) >= 11 is 0. The fourth-order valence-corrected chi connectivity index (χ4v) is 3.71. The van der Waals surface area contributed by atoms with Crippen LogP contribution >= 0.6 is 0 Å². The van der Waals surface area contributed by atoms with Crippen molar-refractivity contribution >= 4 is 11.6 Å². The molecule has 1 spiro atoms. The molecular formula is C18H19N3O. The standard InChI is InChI=1S/C18H19N3O/c22-17-18(15-6-9-19-12-16(15)20-17)7-10-21(11-8-18)13-14-4-2-1-3-5-14/h1-6,9,12H,7-8,10-11,13H2,(H,20,22). The maximum absolute atomic E-state index is 12.5. The number of amides is 1. The molecular weight excluding hydrogens is 274 g/mol. The van der Waals surface area contributed by atoms with Crippen LogP contribution in [0.15, 0.2) is 48.8 Å². The molecule has 1 N–H and O–H groups in total. The summed E-state index contributed by atoms with van der Waals surface area (Å²) in [5.41, 5.74) is 3.01. The highest BCUT2D eigenvalue weighted by Crippen LogP contribution is 2.44. The third kappa shape index (κ3) is 2.11. The molecule has 0 bridgehead atoms. The third-order valence-corrected chi connectivity index (χ3v) is 4.98. The largest absolute Gasteiger partial charge is 0.324 e. The zero-order valence-electron chi connectivity index (χ0n) is 12.5. The van der Waals surface area contributed by atoms with Crippen LogP contribution in [0.1, 0.15) is 24.0 Å². The summed E-state index contributed by atoms with van der Waals surface area (Å²) in [6.45, 7) is 2.86. The minimum Gasteiger partial charge on any atom is -0.324 e. The van der Waals surface area contributed by atoms with E-state index in [1.165, 1.54) is 5.56 Å². The summed E-state index contributed by atoms with van der Waals surface area (Å²) in [6.07, 6.45) is 5.31. The molecule has 2 aromatic rings. The van der Waals surface area contributed by atoms with Gasteiger partial charge in [-0.05, 0) is 43.1 Å². The maximum Gasteiger partial charge on any atom is 0.235 e. The molecule has 2 aliphatic rings. The summed E-state index contributed by atoms with van der Waals surface area (Å²) in [6, 6.07) is 12.5. The van der Waals surface area contributed by atoms with Gasteiger partial charge in [0.15, 0.2) is 0 Å². The van der Waals surface area contributed by atoms with Crippen molar-refractivity contribution in [3.05, 3.63) is 59.9 Å². The third-order valence-electron chi connectivity index (χ3n) is 4.98. The molecule has 1 saturated heterocycles. The molecule has 2 aliphatic heterocycles. The molecule has 1 fully saturated rings.